The minimum Gasteiger partial charge on any atom is -0.354 e. The summed E-state index contributed by atoms with van der Waals surface area (Å²) in [5.74, 6) is 1.05. The van der Waals surface area contributed by atoms with Crippen molar-refractivity contribution in [3.63, 3.8) is 0 Å². The standard InChI is InChI=1S/C14H25N3/c1-5-13(15)9-12-7-8-14(16-10-12)17(6-2)11(3)4/h7-8,10-11,13H,5-6,9,15H2,1-4H3. The molecule has 1 rings (SSSR count). The van der Waals surface area contributed by atoms with Crippen LogP contribution in [0.25, 0.3) is 0 Å². The van der Waals surface area contributed by atoms with Gasteiger partial charge in [0, 0.05) is 24.8 Å². The van der Waals surface area contributed by atoms with Crippen LogP contribution in [0.2, 0.25) is 0 Å². The summed E-state index contributed by atoms with van der Waals surface area (Å²) in [5.41, 5.74) is 7.16. The molecule has 0 amide bonds. The van der Waals surface area contributed by atoms with Gasteiger partial charge in [-0.3, -0.25) is 0 Å². The maximum atomic E-state index is 5.94. The number of hydrogen-bond acceptors (Lipinski definition) is 3. The summed E-state index contributed by atoms with van der Waals surface area (Å²) in [6.45, 7) is 9.63. The average Bonchev–Trinajstić information content (AvgIpc) is 2.31. The van der Waals surface area contributed by atoms with Gasteiger partial charge in [-0.2, -0.15) is 0 Å². The van der Waals surface area contributed by atoms with Crippen LogP contribution in [0.5, 0.6) is 0 Å². The number of rotatable bonds is 6. The maximum absolute atomic E-state index is 5.94. The van der Waals surface area contributed by atoms with Gasteiger partial charge in [0.05, 0.1) is 0 Å². The molecule has 0 bridgehead atoms. The molecule has 0 radical (unpaired) electrons. The minimum absolute atomic E-state index is 0.245. The van der Waals surface area contributed by atoms with Crippen molar-refractivity contribution in [1.29, 1.82) is 0 Å². The normalized spacial score (nSPS) is 12.8. The van der Waals surface area contributed by atoms with Crippen LogP contribution in [0.4, 0.5) is 5.82 Å². The fourth-order valence-electron chi connectivity index (χ4n) is 1.95. The van der Waals surface area contributed by atoms with Crippen LogP contribution in [0, 0.1) is 0 Å². The SMILES string of the molecule is CCC(N)Cc1ccc(N(CC)C(C)C)nc1. The Bertz CT molecular complexity index is 319. The highest BCUT2D eigenvalue weighted by atomic mass is 15.2. The number of pyridine rings is 1. The highest BCUT2D eigenvalue weighted by Crippen LogP contribution is 2.14. The predicted molar refractivity (Wildman–Crippen MR) is 74.4 cm³/mol. The monoisotopic (exact) mass is 235 g/mol. The smallest absolute Gasteiger partial charge is 0.128 e. The van der Waals surface area contributed by atoms with Crippen molar-refractivity contribution in [3.05, 3.63) is 23.9 Å². The number of hydrogen-bond donors (Lipinski definition) is 1. The lowest BCUT2D eigenvalue weighted by Gasteiger charge is -2.26. The quantitative estimate of drug-likeness (QED) is 0.824. The largest absolute Gasteiger partial charge is 0.354 e. The van der Waals surface area contributed by atoms with Crippen molar-refractivity contribution in [2.45, 2.75) is 52.6 Å². The Hall–Kier alpha value is -1.09. The van der Waals surface area contributed by atoms with E-state index < -0.39 is 0 Å². The van der Waals surface area contributed by atoms with Gasteiger partial charge in [-0.05, 0) is 45.2 Å². The summed E-state index contributed by atoms with van der Waals surface area (Å²) in [5, 5.41) is 0. The fourth-order valence-corrected chi connectivity index (χ4v) is 1.95. The number of nitrogens with two attached hydrogens (primary N) is 1. The van der Waals surface area contributed by atoms with Gasteiger partial charge in [0.2, 0.25) is 0 Å². The van der Waals surface area contributed by atoms with Gasteiger partial charge in [0.15, 0.2) is 0 Å². The topological polar surface area (TPSA) is 42.1 Å². The van der Waals surface area contributed by atoms with Gasteiger partial charge >= 0.3 is 0 Å². The Morgan fingerprint density at radius 3 is 2.41 bits per heavy atom. The van der Waals surface area contributed by atoms with E-state index in [1.807, 2.05) is 6.20 Å². The molecule has 17 heavy (non-hydrogen) atoms. The molecule has 1 atom stereocenters. The fraction of sp³-hybridized carbons (Fsp3) is 0.643. The summed E-state index contributed by atoms with van der Waals surface area (Å²) in [6, 6.07) is 4.97. The lowest BCUT2D eigenvalue weighted by Crippen LogP contribution is -2.31. The third-order valence-corrected chi connectivity index (χ3v) is 3.09. The van der Waals surface area contributed by atoms with Crippen LogP contribution in [-0.2, 0) is 6.42 Å². The summed E-state index contributed by atoms with van der Waals surface area (Å²) in [6.07, 6.45) is 3.88. The van der Waals surface area contributed by atoms with Gasteiger partial charge in [-0.25, -0.2) is 4.98 Å². The molecular formula is C14H25N3. The van der Waals surface area contributed by atoms with Crippen molar-refractivity contribution in [3.8, 4) is 0 Å². The van der Waals surface area contributed by atoms with Crippen LogP contribution in [0.1, 0.15) is 39.7 Å². The lowest BCUT2D eigenvalue weighted by atomic mass is 10.1. The molecule has 0 aliphatic carbocycles. The van der Waals surface area contributed by atoms with Crippen LogP contribution in [-0.4, -0.2) is 23.6 Å². The van der Waals surface area contributed by atoms with E-state index in [2.05, 4.69) is 49.7 Å². The zero-order chi connectivity index (χ0) is 12.8. The van der Waals surface area contributed by atoms with E-state index in [1.165, 1.54) is 5.56 Å². The second-order valence-corrected chi connectivity index (χ2v) is 4.78. The molecule has 2 N–H and O–H groups in total. The first kappa shape index (κ1) is 14.0. The maximum Gasteiger partial charge on any atom is 0.128 e. The number of anilines is 1. The molecule has 0 saturated carbocycles. The van der Waals surface area contributed by atoms with Gasteiger partial charge in [-0.1, -0.05) is 13.0 Å². The van der Waals surface area contributed by atoms with Crippen LogP contribution in [0.15, 0.2) is 18.3 Å². The summed E-state index contributed by atoms with van der Waals surface area (Å²) in [7, 11) is 0. The Kier molecular flexibility index (Phi) is 5.42. The Labute approximate surface area is 105 Å². The minimum atomic E-state index is 0.245. The van der Waals surface area contributed by atoms with E-state index in [9.17, 15) is 0 Å². The molecule has 3 heteroatoms. The van der Waals surface area contributed by atoms with E-state index in [0.717, 1.165) is 25.2 Å². The molecule has 1 aromatic heterocycles. The molecule has 0 spiro atoms. The van der Waals surface area contributed by atoms with E-state index >= 15 is 0 Å². The van der Waals surface area contributed by atoms with E-state index in [1.54, 1.807) is 0 Å². The number of nitrogens with zero attached hydrogens (tertiary/aromatic N) is 2. The molecule has 1 heterocycles. The predicted octanol–water partition coefficient (Wildman–Crippen LogP) is 2.60. The van der Waals surface area contributed by atoms with Crippen LogP contribution < -0.4 is 10.6 Å². The zero-order valence-electron chi connectivity index (χ0n) is 11.5. The van der Waals surface area contributed by atoms with Crippen molar-refractivity contribution in [2.24, 2.45) is 5.73 Å². The molecule has 0 saturated heterocycles. The Morgan fingerprint density at radius 2 is 2.00 bits per heavy atom. The molecule has 1 aromatic rings. The third-order valence-electron chi connectivity index (χ3n) is 3.09. The molecule has 0 aromatic carbocycles. The second-order valence-electron chi connectivity index (χ2n) is 4.78. The highest BCUT2D eigenvalue weighted by molar-refractivity contribution is 5.40. The summed E-state index contributed by atoms with van der Waals surface area (Å²) >= 11 is 0. The third kappa shape index (κ3) is 4.00. The number of aromatic nitrogens is 1. The van der Waals surface area contributed by atoms with E-state index in [-0.39, 0.29) is 6.04 Å². The van der Waals surface area contributed by atoms with Crippen LogP contribution in [0.3, 0.4) is 0 Å². The van der Waals surface area contributed by atoms with Gasteiger partial charge in [0.25, 0.3) is 0 Å². The van der Waals surface area contributed by atoms with Crippen molar-refractivity contribution in [2.75, 3.05) is 11.4 Å². The average molecular weight is 235 g/mol. The molecule has 0 fully saturated rings. The van der Waals surface area contributed by atoms with Crippen molar-refractivity contribution >= 4 is 5.82 Å². The first-order valence-corrected chi connectivity index (χ1v) is 6.55. The lowest BCUT2D eigenvalue weighted by molar-refractivity contribution is 0.644. The molecule has 0 aliphatic heterocycles. The van der Waals surface area contributed by atoms with E-state index in [0.29, 0.717) is 6.04 Å². The highest BCUT2D eigenvalue weighted by Gasteiger charge is 2.09. The van der Waals surface area contributed by atoms with Gasteiger partial charge < -0.3 is 10.6 Å². The summed E-state index contributed by atoms with van der Waals surface area (Å²) in [4.78, 5) is 6.81. The molecule has 1 unspecified atom stereocenters. The van der Waals surface area contributed by atoms with Crippen LogP contribution >= 0.6 is 0 Å². The molecule has 96 valence electrons. The molecule has 3 nitrogen and oxygen atoms in total. The molecule has 0 aliphatic rings. The van der Waals surface area contributed by atoms with Crippen molar-refractivity contribution in [1.82, 2.24) is 4.98 Å². The van der Waals surface area contributed by atoms with Gasteiger partial charge in [0.1, 0.15) is 5.82 Å². The first-order chi connectivity index (χ1) is 8.08. The first-order valence-electron chi connectivity index (χ1n) is 6.55. The summed E-state index contributed by atoms with van der Waals surface area (Å²) < 4.78 is 0. The Morgan fingerprint density at radius 1 is 1.29 bits per heavy atom. The molecular weight excluding hydrogens is 210 g/mol. The second kappa shape index (κ2) is 6.60. The zero-order valence-corrected chi connectivity index (χ0v) is 11.5. The Balaban J connectivity index is 2.73. The van der Waals surface area contributed by atoms with E-state index in [4.69, 9.17) is 5.73 Å². The van der Waals surface area contributed by atoms with Gasteiger partial charge in [-0.15, -0.1) is 0 Å². The van der Waals surface area contributed by atoms with Crippen molar-refractivity contribution < 1.29 is 0 Å².